The second-order valence-corrected chi connectivity index (χ2v) is 5.23. The Hall–Kier alpha value is -1.93. The topological polar surface area (TPSA) is 26.3 Å². The molecule has 0 heterocycles. The maximum absolute atomic E-state index is 11.6. The van der Waals surface area contributed by atoms with Crippen molar-refractivity contribution in [2.24, 2.45) is 0 Å². The number of hydrogen-bond acceptors (Lipinski definition) is 2. The average Bonchev–Trinajstić information content (AvgIpc) is 2.86. The smallest absolute Gasteiger partial charge is 0.163 e. The van der Waals surface area contributed by atoms with Crippen molar-refractivity contribution in [2.75, 3.05) is 13.7 Å². The molecule has 2 heteroatoms. The summed E-state index contributed by atoms with van der Waals surface area (Å²) in [5, 5.41) is 0. The Morgan fingerprint density at radius 3 is 2.50 bits per heavy atom. The highest BCUT2D eigenvalue weighted by molar-refractivity contribution is 6.00. The van der Waals surface area contributed by atoms with E-state index < -0.39 is 0 Å². The molecular weight excluding hydrogens is 248 g/mol. The predicted molar refractivity (Wildman–Crippen MR) is 80.1 cm³/mol. The first kappa shape index (κ1) is 13.1. The number of fused-ring (bicyclic) bond motifs is 1. The summed E-state index contributed by atoms with van der Waals surface area (Å²) in [5.74, 6) is 0.279. The fourth-order valence-electron chi connectivity index (χ4n) is 2.72. The van der Waals surface area contributed by atoms with Crippen molar-refractivity contribution in [2.45, 2.75) is 19.3 Å². The molecule has 1 aliphatic rings. The quantitative estimate of drug-likeness (QED) is 0.844. The van der Waals surface area contributed by atoms with Crippen LogP contribution in [0.25, 0.3) is 11.1 Å². The minimum Gasteiger partial charge on any atom is -0.384 e. The lowest BCUT2D eigenvalue weighted by Crippen LogP contribution is -1.94. The summed E-state index contributed by atoms with van der Waals surface area (Å²) in [5.41, 5.74) is 5.78. The molecule has 0 N–H and O–H groups in total. The number of ether oxygens (including phenoxy) is 1. The molecule has 0 saturated carbocycles. The third-order valence-electron chi connectivity index (χ3n) is 3.91. The van der Waals surface area contributed by atoms with E-state index in [9.17, 15) is 4.79 Å². The molecule has 102 valence electrons. The number of ketones is 1. The fraction of sp³-hybridized carbons (Fsp3) is 0.278. The Balaban J connectivity index is 1.84. The minimum atomic E-state index is 0.279. The molecule has 0 bridgehead atoms. The van der Waals surface area contributed by atoms with Crippen LogP contribution in [0.3, 0.4) is 0 Å². The van der Waals surface area contributed by atoms with E-state index >= 15 is 0 Å². The first-order chi connectivity index (χ1) is 9.78. The third kappa shape index (κ3) is 2.52. The zero-order valence-electron chi connectivity index (χ0n) is 11.7. The van der Waals surface area contributed by atoms with Crippen LogP contribution in [0, 0.1) is 0 Å². The van der Waals surface area contributed by atoms with Crippen LogP contribution in [-0.4, -0.2) is 19.5 Å². The van der Waals surface area contributed by atoms with Crippen LogP contribution in [0.15, 0.2) is 42.5 Å². The molecule has 0 fully saturated rings. The van der Waals surface area contributed by atoms with Crippen molar-refractivity contribution < 1.29 is 9.53 Å². The second kappa shape index (κ2) is 5.59. The van der Waals surface area contributed by atoms with Gasteiger partial charge in [-0.1, -0.05) is 42.5 Å². The van der Waals surface area contributed by atoms with E-state index in [1.165, 1.54) is 22.3 Å². The maximum atomic E-state index is 11.6. The molecule has 0 amide bonds. The van der Waals surface area contributed by atoms with Gasteiger partial charge < -0.3 is 4.74 Å². The van der Waals surface area contributed by atoms with Crippen LogP contribution in [-0.2, 0) is 17.6 Å². The van der Waals surface area contributed by atoms with Crippen molar-refractivity contribution >= 4 is 5.78 Å². The zero-order valence-corrected chi connectivity index (χ0v) is 11.7. The normalized spacial score (nSPS) is 13.6. The lowest BCUT2D eigenvalue weighted by atomic mass is 9.99. The van der Waals surface area contributed by atoms with Crippen LogP contribution in [0.2, 0.25) is 0 Å². The molecule has 2 aromatic rings. The highest BCUT2D eigenvalue weighted by atomic mass is 16.5. The van der Waals surface area contributed by atoms with Crippen molar-refractivity contribution in [1.82, 2.24) is 0 Å². The van der Waals surface area contributed by atoms with Crippen LogP contribution >= 0.6 is 0 Å². The molecule has 0 unspecified atom stereocenters. The Labute approximate surface area is 119 Å². The number of rotatable bonds is 4. The summed E-state index contributed by atoms with van der Waals surface area (Å²) in [6, 6.07) is 14.8. The molecule has 1 aliphatic carbocycles. The van der Waals surface area contributed by atoms with E-state index in [-0.39, 0.29) is 5.78 Å². The van der Waals surface area contributed by atoms with E-state index in [4.69, 9.17) is 4.74 Å². The Kier molecular flexibility index (Phi) is 3.66. The number of aryl methyl sites for hydroxylation is 1. The van der Waals surface area contributed by atoms with Gasteiger partial charge in [0.1, 0.15) is 0 Å². The van der Waals surface area contributed by atoms with Gasteiger partial charge in [-0.15, -0.1) is 0 Å². The highest BCUT2D eigenvalue weighted by Crippen LogP contribution is 2.28. The largest absolute Gasteiger partial charge is 0.384 e. The van der Waals surface area contributed by atoms with Crippen molar-refractivity contribution in [1.29, 1.82) is 0 Å². The van der Waals surface area contributed by atoms with E-state index in [0.29, 0.717) is 6.42 Å². The molecule has 20 heavy (non-hydrogen) atoms. The fourth-order valence-corrected chi connectivity index (χ4v) is 2.72. The summed E-state index contributed by atoms with van der Waals surface area (Å²) in [6.45, 7) is 0.750. The van der Waals surface area contributed by atoms with Gasteiger partial charge in [0, 0.05) is 19.1 Å². The summed E-state index contributed by atoms with van der Waals surface area (Å²) in [6.07, 6.45) is 2.48. The van der Waals surface area contributed by atoms with E-state index in [1.807, 2.05) is 12.1 Å². The molecular formula is C18H18O2. The van der Waals surface area contributed by atoms with Gasteiger partial charge in [0.2, 0.25) is 0 Å². The number of carbonyl (C=O) groups excluding carboxylic acids is 1. The summed E-state index contributed by atoms with van der Waals surface area (Å²) in [4.78, 5) is 11.6. The lowest BCUT2D eigenvalue weighted by molar-refractivity contribution is 0.0994. The molecule has 2 aromatic carbocycles. The molecule has 0 spiro atoms. The lowest BCUT2D eigenvalue weighted by Gasteiger charge is -2.06. The molecule has 0 atom stereocenters. The molecule has 0 radical (unpaired) electrons. The summed E-state index contributed by atoms with van der Waals surface area (Å²) < 4.78 is 5.09. The zero-order chi connectivity index (χ0) is 13.9. The Morgan fingerprint density at radius 1 is 1.00 bits per heavy atom. The number of carbonyl (C=O) groups is 1. The number of Topliss-reactive ketones (excluding diaryl/α,β-unsaturated/α-hetero) is 1. The van der Waals surface area contributed by atoms with E-state index in [2.05, 4.69) is 30.3 Å². The van der Waals surface area contributed by atoms with Gasteiger partial charge in [-0.2, -0.15) is 0 Å². The molecule has 3 rings (SSSR count). The Bertz CT molecular complexity index is 626. The van der Waals surface area contributed by atoms with E-state index in [1.54, 1.807) is 7.11 Å². The van der Waals surface area contributed by atoms with Crippen LogP contribution in [0.4, 0.5) is 0 Å². The first-order valence-electron chi connectivity index (χ1n) is 7.02. The highest BCUT2D eigenvalue weighted by Gasteiger charge is 2.19. The van der Waals surface area contributed by atoms with Gasteiger partial charge in [0.05, 0.1) is 6.61 Å². The average molecular weight is 266 g/mol. The van der Waals surface area contributed by atoms with Crippen LogP contribution < -0.4 is 0 Å². The summed E-state index contributed by atoms with van der Waals surface area (Å²) >= 11 is 0. The maximum Gasteiger partial charge on any atom is 0.163 e. The van der Waals surface area contributed by atoms with Gasteiger partial charge in [0.25, 0.3) is 0 Å². The predicted octanol–water partition coefficient (Wildman–Crippen LogP) is 3.67. The standard InChI is InChI=1S/C18H18O2/c1-20-11-10-13-2-4-14(5-3-13)15-6-8-17-16(12-15)7-9-18(17)19/h2-6,8,12H,7,9-11H2,1H3. The molecule has 0 aromatic heterocycles. The SMILES string of the molecule is COCCc1ccc(-c2ccc3c(c2)CCC3=O)cc1. The van der Waals surface area contributed by atoms with Gasteiger partial charge in [-0.05, 0) is 35.1 Å². The molecule has 0 saturated heterocycles. The summed E-state index contributed by atoms with van der Waals surface area (Å²) in [7, 11) is 1.72. The van der Waals surface area contributed by atoms with Gasteiger partial charge in [-0.25, -0.2) is 0 Å². The number of benzene rings is 2. The molecule has 0 aliphatic heterocycles. The van der Waals surface area contributed by atoms with Gasteiger partial charge in [0.15, 0.2) is 5.78 Å². The first-order valence-corrected chi connectivity index (χ1v) is 7.02. The van der Waals surface area contributed by atoms with Crippen LogP contribution in [0.5, 0.6) is 0 Å². The second-order valence-electron chi connectivity index (χ2n) is 5.23. The Morgan fingerprint density at radius 2 is 1.75 bits per heavy atom. The van der Waals surface area contributed by atoms with Crippen LogP contribution in [0.1, 0.15) is 27.9 Å². The van der Waals surface area contributed by atoms with Crippen molar-refractivity contribution in [3.05, 3.63) is 59.2 Å². The van der Waals surface area contributed by atoms with Gasteiger partial charge >= 0.3 is 0 Å². The van der Waals surface area contributed by atoms with Crippen molar-refractivity contribution in [3.63, 3.8) is 0 Å². The number of methoxy groups -OCH3 is 1. The molecule has 2 nitrogen and oxygen atoms in total. The van der Waals surface area contributed by atoms with Gasteiger partial charge in [-0.3, -0.25) is 4.79 Å². The number of hydrogen-bond donors (Lipinski definition) is 0. The van der Waals surface area contributed by atoms with Crippen molar-refractivity contribution in [3.8, 4) is 11.1 Å². The monoisotopic (exact) mass is 266 g/mol. The minimum absolute atomic E-state index is 0.279. The third-order valence-corrected chi connectivity index (χ3v) is 3.91. The van der Waals surface area contributed by atoms with E-state index in [0.717, 1.165) is 25.0 Å².